The molecule has 1 fully saturated rings. The van der Waals surface area contributed by atoms with Crippen LogP contribution in [0.4, 0.5) is 0 Å². The van der Waals surface area contributed by atoms with E-state index in [4.69, 9.17) is 9.47 Å². The molecule has 0 bridgehead atoms. The lowest BCUT2D eigenvalue weighted by Gasteiger charge is -2.12. The first-order valence-electron chi connectivity index (χ1n) is 8.27. The summed E-state index contributed by atoms with van der Waals surface area (Å²) in [6.45, 7) is 7.53. The van der Waals surface area contributed by atoms with E-state index in [1.165, 1.54) is 24.8 Å². The predicted molar refractivity (Wildman–Crippen MR) is 86.7 cm³/mol. The van der Waals surface area contributed by atoms with Gasteiger partial charge in [0.2, 0.25) is 0 Å². The zero-order valence-electron chi connectivity index (χ0n) is 13.4. The van der Waals surface area contributed by atoms with Crippen LogP contribution >= 0.6 is 0 Å². The molecule has 0 radical (unpaired) electrons. The predicted octanol–water partition coefficient (Wildman–Crippen LogP) is 3.77. The van der Waals surface area contributed by atoms with Gasteiger partial charge in [0.15, 0.2) is 0 Å². The molecule has 0 aromatic heterocycles. The summed E-state index contributed by atoms with van der Waals surface area (Å²) in [5, 5.41) is 3.53. The first kappa shape index (κ1) is 16.3. The normalized spacial score (nSPS) is 14.6. The lowest BCUT2D eigenvalue weighted by molar-refractivity contribution is 0.0954. The second-order valence-corrected chi connectivity index (χ2v) is 6.26. The molecule has 1 aromatic rings. The van der Waals surface area contributed by atoms with Gasteiger partial charge in [0.25, 0.3) is 0 Å². The first-order chi connectivity index (χ1) is 10.3. The Kier molecular flexibility index (Phi) is 7.04. The summed E-state index contributed by atoms with van der Waals surface area (Å²) in [6.07, 6.45) is 5.00. The fourth-order valence-electron chi connectivity index (χ4n) is 2.24. The molecule has 0 spiro atoms. The second-order valence-electron chi connectivity index (χ2n) is 6.26. The minimum atomic E-state index is 0.627. The molecule has 0 amide bonds. The van der Waals surface area contributed by atoms with Crippen LogP contribution in [0.5, 0.6) is 5.75 Å². The number of hydrogen-bond acceptors (Lipinski definition) is 3. The Morgan fingerprint density at radius 1 is 1.14 bits per heavy atom. The van der Waals surface area contributed by atoms with Gasteiger partial charge in [-0.3, -0.25) is 0 Å². The van der Waals surface area contributed by atoms with E-state index in [1.54, 1.807) is 0 Å². The van der Waals surface area contributed by atoms with Crippen LogP contribution in [0.25, 0.3) is 0 Å². The molecule has 0 atom stereocenters. The largest absolute Gasteiger partial charge is 0.491 e. The number of nitrogens with one attached hydrogen (secondary N) is 1. The van der Waals surface area contributed by atoms with Crippen molar-refractivity contribution in [2.24, 2.45) is 5.92 Å². The number of benzene rings is 1. The summed E-state index contributed by atoms with van der Waals surface area (Å²) in [5.41, 5.74) is 1.24. The van der Waals surface area contributed by atoms with Crippen molar-refractivity contribution in [3.05, 3.63) is 29.8 Å². The van der Waals surface area contributed by atoms with E-state index in [0.29, 0.717) is 13.2 Å². The molecule has 1 saturated carbocycles. The third-order valence-corrected chi connectivity index (χ3v) is 3.69. The lowest BCUT2D eigenvalue weighted by Crippen LogP contribution is -2.16. The summed E-state index contributed by atoms with van der Waals surface area (Å²) in [6, 6.07) is 9.00. The molecule has 118 valence electrons. The van der Waals surface area contributed by atoms with Gasteiger partial charge in [-0.25, -0.2) is 0 Å². The lowest BCUT2D eigenvalue weighted by atomic mass is 10.1. The molecule has 21 heavy (non-hydrogen) atoms. The third kappa shape index (κ3) is 6.96. The zero-order valence-corrected chi connectivity index (χ0v) is 13.4. The van der Waals surface area contributed by atoms with Gasteiger partial charge in [0, 0.05) is 24.8 Å². The highest BCUT2D eigenvalue weighted by atomic mass is 16.5. The molecule has 1 aliphatic rings. The fraction of sp³-hybridized carbons (Fsp3) is 0.667. The summed E-state index contributed by atoms with van der Waals surface area (Å²) in [7, 11) is 0. The van der Waals surface area contributed by atoms with Crippen LogP contribution in [0.2, 0.25) is 0 Å². The highest BCUT2D eigenvalue weighted by Crippen LogP contribution is 2.22. The van der Waals surface area contributed by atoms with E-state index in [2.05, 4.69) is 31.3 Å². The standard InChI is InChI=1S/C18H29NO2/c1-15(2)6-5-11-20-12-13-21-18-8-4-3-7-16(18)14-19-17-9-10-17/h3-4,7-8,15,17,19H,5-6,9-14H2,1-2H3. The highest BCUT2D eigenvalue weighted by Gasteiger charge is 2.20. The van der Waals surface area contributed by atoms with Crippen molar-refractivity contribution in [1.29, 1.82) is 0 Å². The number of para-hydroxylation sites is 1. The van der Waals surface area contributed by atoms with Gasteiger partial charge in [0.1, 0.15) is 12.4 Å². The molecule has 1 aliphatic carbocycles. The summed E-state index contributed by atoms with van der Waals surface area (Å²) in [4.78, 5) is 0. The zero-order chi connectivity index (χ0) is 14.9. The molecule has 1 aromatic carbocycles. The average Bonchev–Trinajstić information content (AvgIpc) is 3.29. The Bertz CT molecular complexity index is 402. The summed E-state index contributed by atoms with van der Waals surface area (Å²) < 4.78 is 11.5. The van der Waals surface area contributed by atoms with Gasteiger partial charge >= 0.3 is 0 Å². The van der Waals surface area contributed by atoms with E-state index >= 15 is 0 Å². The monoisotopic (exact) mass is 291 g/mol. The van der Waals surface area contributed by atoms with E-state index in [9.17, 15) is 0 Å². The minimum Gasteiger partial charge on any atom is -0.491 e. The van der Waals surface area contributed by atoms with Gasteiger partial charge in [-0.2, -0.15) is 0 Å². The van der Waals surface area contributed by atoms with Gasteiger partial charge in [-0.1, -0.05) is 32.0 Å². The summed E-state index contributed by atoms with van der Waals surface area (Å²) >= 11 is 0. The Morgan fingerprint density at radius 2 is 1.95 bits per heavy atom. The Hall–Kier alpha value is -1.06. The van der Waals surface area contributed by atoms with E-state index in [1.807, 2.05) is 12.1 Å². The maximum Gasteiger partial charge on any atom is 0.123 e. The molecule has 0 aliphatic heterocycles. The van der Waals surface area contributed by atoms with Crippen LogP contribution < -0.4 is 10.1 Å². The second kappa shape index (κ2) is 9.06. The average molecular weight is 291 g/mol. The molecule has 2 rings (SSSR count). The van der Waals surface area contributed by atoms with Crippen molar-refractivity contribution >= 4 is 0 Å². The SMILES string of the molecule is CC(C)CCCOCCOc1ccccc1CNC1CC1. The number of rotatable bonds is 11. The van der Waals surface area contributed by atoms with Gasteiger partial charge in [-0.15, -0.1) is 0 Å². The maximum atomic E-state index is 5.85. The highest BCUT2D eigenvalue weighted by molar-refractivity contribution is 5.33. The van der Waals surface area contributed by atoms with Crippen LogP contribution in [0.3, 0.4) is 0 Å². The molecule has 0 heterocycles. The number of ether oxygens (including phenoxy) is 2. The van der Waals surface area contributed by atoms with Gasteiger partial charge in [-0.05, 0) is 37.7 Å². The molecule has 0 saturated heterocycles. The Morgan fingerprint density at radius 3 is 2.71 bits per heavy atom. The van der Waals surface area contributed by atoms with Crippen molar-refractivity contribution in [3.63, 3.8) is 0 Å². The maximum absolute atomic E-state index is 5.85. The van der Waals surface area contributed by atoms with Crippen LogP contribution in [0.1, 0.15) is 45.1 Å². The molecular formula is C18H29NO2. The Labute approximate surface area is 129 Å². The topological polar surface area (TPSA) is 30.5 Å². The van der Waals surface area contributed by atoms with Gasteiger partial charge < -0.3 is 14.8 Å². The quantitative estimate of drug-likeness (QED) is 0.630. The molecular weight excluding hydrogens is 262 g/mol. The number of hydrogen-bond donors (Lipinski definition) is 1. The van der Waals surface area contributed by atoms with Crippen molar-refractivity contribution < 1.29 is 9.47 Å². The smallest absolute Gasteiger partial charge is 0.123 e. The van der Waals surface area contributed by atoms with Crippen molar-refractivity contribution in [3.8, 4) is 5.75 Å². The Balaban J connectivity index is 1.60. The van der Waals surface area contributed by atoms with Crippen LogP contribution in [-0.2, 0) is 11.3 Å². The molecule has 3 heteroatoms. The van der Waals surface area contributed by atoms with Crippen molar-refractivity contribution in [2.75, 3.05) is 19.8 Å². The third-order valence-electron chi connectivity index (χ3n) is 3.69. The molecule has 0 unspecified atom stereocenters. The fourth-order valence-corrected chi connectivity index (χ4v) is 2.24. The minimum absolute atomic E-state index is 0.627. The molecule has 3 nitrogen and oxygen atoms in total. The molecule has 1 N–H and O–H groups in total. The van der Waals surface area contributed by atoms with Crippen molar-refractivity contribution in [2.45, 2.75) is 52.1 Å². The van der Waals surface area contributed by atoms with Crippen molar-refractivity contribution in [1.82, 2.24) is 5.32 Å². The first-order valence-corrected chi connectivity index (χ1v) is 8.27. The van der Waals surface area contributed by atoms with E-state index in [-0.39, 0.29) is 0 Å². The van der Waals surface area contributed by atoms with Gasteiger partial charge in [0.05, 0.1) is 6.61 Å². The van der Waals surface area contributed by atoms with Crippen LogP contribution in [0, 0.1) is 5.92 Å². The van der Waals surface area contributed by atoms with E-state index < -0.39 is 0 Å². The van der Waals surface area contributed by atoms with Crippen LogP contribution in [-0.4, -0.2) is 25.9 Å². The summed E-state index contributed by atoms with van der Waals surface area (Å²) in [5.74, 6) is 1.74. The van der Waals surface area contributed by atoms with Crippen LogP contribution in [0.15, 0.2) is 24.3 Å². The van der Waals surface area contributed by atoms with E-state index in [0.717, 1.165) is 37.3 Å².